The van der Waals surface area contributed by atoms with E-state index < -0.39 is 18.1 Å². The van der Waals surface area contributed by atoms with Crippen LogP contribution in [0.5, 0.6) is 0 Å². The number of nitrogens with one attached hydrogen (secondary N) is 3. The van der Waals surface area contributed by atoms with E-state index in [0.29, 0.717) is 19.4 Å². The highest BCUT2D eigenvalue weighted by Crippen LogP contribution is 2.13. The van der Waals surface area contributed by atoms with E-state index in [-0.39, 0.29) is 23.6 Å². The minimum absolute atomic E-state index is 0.121. The van der Waals surface area contributed by atoms with Crippen molar-refractivity contribution in [2.75, 3.05) is 20.1 Å². The average Bonchev–Trinajstić information content (AvgIpc) is 2.77. The molecule has 2 rings (SSSR count). The zero-order chi connectivity index (χ0) is 23.5. The van der Waals surface area contributed by atoms with Crippen molar-refractivity contribution in [3.05, 3.63) is 35.9 Å². The van der Waals surface area contributed by atoms with Crippen LogP contribution in [-0.2, 0) is 20.8 Å². The molecular weight excluding hydrogens is 404 g/mol. The molecule has 0 aliphatic carbocycles. The van der Waals surface area contributed by atoms with E-state index in [1.807, 2.05) is 44.2 Å². The molecule has 1 aromatic rings. The van der Waals surface area contributed by atoms with Crippen molar-refractivity contribution in [2.24, 2.45) is 5.92 Å². The van der Waals surface area contributed by atoms with Crippen LogP contribution < -0.4 is 16.0 Å². The van der Waals surface area contributed by atoms with Crippen molar-refractivity contribution in [1.29, 1.82) is 0 Å². The monoisotopic (exact) mass is 444 g/mol. The first-order valence-corrected chi connectivity index (χ1v) is 11.9. The topological polar surface area (TPSA) is 90.5 Å². The molecule has 1 aliphatic heterocycles. The molecular formula is C25H40N4O3. The SMILES string of the molecule is CC(C)C[C@H]1C(=O)NCCCCCCN[C@@H](Cc2ccccc2)C(=O)N[C@H](C)C(=O)N1C. The predicted octanol–water partition coefficient (Wildman–Crippen LogP) is 2.26. The van der Waals surface area contributed by atoms with Crippen LogP contribution in [0.3, 0.4) is 0 Å². The van der Waals surface area contributed by atoms with Crippen LogP contribution in [0.2, 0.25) is 0 Å². The third kappa shape index (κ3) is 8.26. The Kier molecular flexibility index (Phi) is 10.7. The fourth-order valence-corrected chi connectivity index (χ4v) is 4.04. The molecule has 0 bridgehead atoms. The van der Waals surface area contributed by atoms with E-state index >= 15 is 0 Å². The molecule has 1 saturated heterocycles. The first-order valence-electron chi connectivity index (χ1n) is 11.9. The number of hydrogen-bond acceptors (Lipinski definition) is 4. The van der Waals surface area contributed by atoms with E-state index in [2.05, 4.69) is 16.0 Å². The lowest BCUT2D eigenvalue weighted by Crippen LogP contribution is -2.56. The number of carbonyl (C=O) groups excluding carboxylic acids is 3. The molecule has 3 atom stereocenters. The van der Waals surface area contributed by atoms with Crippen LogP contribution in [0.25, 0.3) is 0 Å². The van der Waals surface area contributed by atoms with Crippen LogP contribution in [0.1, 0.15) is 58.4 Å². The van der Waals surface area contributed by atoms with E-state index in [1.165, 1.54) is 4.90 Å². The number of carbonyl (C=O) groups is 3. The van der Waals surface area contributed by atoms with Gasteiger partial charge in [-0.1, -0.05) is 57.0 Å². The summed E-state index contributed by atoms with van der Waals surface area (Å²) in [6.45, 7) is 7.11. The van der Waals surface area contributed by atoms with Gasteiger partial charge in [0.2, 0.25) is 17.7 Å². The lowest BCUT2D eigenvalue weighted by molar-refractivity contribution is -0.142. The van der Waals surface area contributed by atoms with E-state index in [1.54, 1.807) is 14.0 Å². The highest BCUT2D eigenvalue weighted by atomic mass is 16.2. The summed E-state index contributed by atoms with van der Waals surface area (Å²) in [6.07, 6.45) is 5.04. The molecule has 1 fully saturated rings. The van der Waals surface area contributed by atoms with Gasteiger partial charge in [0.1, 0.15) is 12.1 Å². The Morgan fingerprint density at radius 2 is 1.62 bits per heavy atom. The second-order valence-electron chi connectivity index (χ2n) is 9.23. The van der Waals surface area contributed by atoms with Crippen molar-refractivity contribution < 1.29 is 14.4 Å². The normalized spacial score (nSPS) is 24.8. The van der Waals surface area contributed by atoms with Gasteiger partial charge in [0.25, 0.3) is 0 Å². The summed E-state index contributed by atoms with van der Waals surface area (Å²) in [4.78, 5) is 40.5. The second-order valence-corrected chi connectivity index (χ2v) is 9.23. The molecule has 7 nitrogen and oxygen atoms in total. The Morgan fingerprint density at radius 3 is 2.28 bits per heavy atom. The molecule has 3 N–H and O–H groups in total. The van der Waals surface area contributed by atoms with E-state index in [0.717, 1.165) is 37.8 Å². The molecule has 0 saturated carbocycles. The molecule has 0 unspecified atom stereocenters. The fourth-order valence-electron chi connectivity index (χ4n) is 4.04. The maximum atomic E-state index is 13.1. The predicted molar refractivity (Wildman–Crippen MR) is 127 cm³/mol. The van der Waals surface area contributed by atoms with Crippen molar-refractivity contribution in [3.8, 4) is 0 Å². The Bertz CT molecular complexity index is 738. The van der Waals surface area contributed by atoms with Crippen LogP contribution in [-0.4, -0.2) is 60.9 Å². The number of hydrogen-bond donors (Lipinski definition) is 3. The molecule has 1 aliphatic rings. The summed E-state index contributed by atoms with van der Waals surface area (Å²) >= 11 is 0. The number of nitrogens with zero attached hydrogens (tertiary/aromatic N) is 1. The number of benzene rings is 1. The first kappa shape index (κ1) is 25.8. The van der Waals surface area contributed by atoms with E-state index in [9.17, 15) is 14.4 Å². The summed E-state index contributed by atoms with van der Waals surface area (Å²) in [6, 6.07) is 8.21. The minimum Gasteiger partial charge on any atom is -0.354 e. The molecule has 0 aromatic heterocycles. The van der Waals surface area contributed by atoms with Crippen LogP contribution >= 0.6 is 0 Å². The van der Waals surface area contributed by atoms with E-state index in [4.69, 9.17) is 0 Å². The summed E-state index contributed by atoms with van der Waals surface area (Å²) in [5.41, 5.74) is 1.07. The Balaban J connectivity index is 2.17. The van der Waals surface area contributed by atoms with Gasteiger partial charge in [0.15, 0.2) is 0 Å². The summed E-state index contributed by atoms with van der Waals surface area (Å²) in [5, 5.41) is 9.25. The highest BCUT2D eigenvalue weighted by molar-refractivity contribution is 5.92. The molecule has 0 radical (unpaired) electrons. The second kappa shape index (κ2) is 13.2. The fraction of sp³-hybridized carbons (Fsp3) is 0.640. The van der Waals surface area contributed by atoms with Gasteiger partial charge in [-0.2, -0.15) is 0 Å². The molecule has 178 valence electrons. The molecule has 1 heterocycles. The molecule has 7 heteroatoms. The summed E-state index contributed by atoms with van der Waals surface area (Å²) in [7, 11) is 1.65. The van der Waals surface area contributed by atoms with Crippen molar-refractivity contribution in [1.82, 2.24) is 20.9 Å². The van der Waals surface area contributed by atoms with Gasteiger partial charge in [0.05, 0.1) is 6.04 Å². The summed E-state index contributed by atoms with van der Waals surface area (Å²) < 4.78 is 0. The molecule has 1 aromatic carbocycles. The average molecular weight is 445 g/mol. The third-order valence-corrected chi connectivity index (χ3v) is 5.93. The Hall–Kier alpha value is -2.41. The third-order valence-electron chi connectivity index (χ3n) is 5.93. The Labute approximate surface area is 192 Å². The zero-order valence-corrected chi connectivity index (χ0v) is 20.0. The standard InChI is InChI=1S/C25H40N4O3/c1-18(2)16-22-24(31)27-15-11-6-5-10-14-26-21(17-20-12-8-7-9-13-20)23(30)28-19(3)25(32)29(22)4/h7-9,12-13,18-19,21-22,26H,5-6,10-11,14-17H2,1-4H3,(H,27,31)(H,28,30)/t19-,21+,22+/m1/s1. The minimum atomic E-state index is -0.719. The molecule has 0 spiro atoms. The van der Waals surface area contributed by atoms with Gasteiger partial charge in [-0.3, -0.25) is 14.4 Å². The van der Waals surface area contributed by atoms with Crippen LogP contribution in [0, 0.1) is 5.92 Å². The molecule has 32 heavy (non-hydrogen) atoms. The smallest absolute Gasteiger partial charge is 0.245 e. The van der Waals surface area contributed by atoms with Crippen molar-refractivity contribution in [3.63, 3.8) is 0 Å². The van der Waals surface area contributed by atoms with Gasteiger partial charge < -0.3 is 20.9 Å². The van der Waals surface area contributed by atoms with Gasteiger partial charge in [0, 0.05) is 13.6 Å². The maximum Gasteiger partial charge on any atom is 0.245 e. The maximum absolute atomic E-state index is 13.1. The Morgan fingerprint density at radius 1 is 0.969 bits per heavy atom. The van der Waals surface area contributed by atoms with Crippen LogP contribution in [0.4, 0.5) is 0 Å². The van der Waals surface area contributed by atoms with Gasteiger partial charge in [-0.25, -0.2) is 0 Å². The zero-order valence-electron chi connectivity index (χ0n) is 20.0. The van der Waals surface area contributed by atoms with Crippen LogP contribution in [0.15, 0.2) is 30.3 Å². The van der Waals surface area contributed by atoms with Gasteiger partial charge in [-0.15, -0.1) is 0 Å². The lowest BCUT2D eigenvalue weighted by atomic mass is 10.0. The molecule has 3 amide bonds. The van der Waals surface area contributed by atoms with Gasteiger partial charge in [-0.05, 0) is 50.6 Å². The summed E-state index contributed by atoms with van der Waals surface area (Å²) in [5.74, 6) is -0.315. The lowest BCUT2D eigenvalue weighted by Gasteiger charge is -2.31. The van der Waals surface area contributed by atoms with Crippen molar-refractivity contribution in [2.45, 2.75) is 77.4 Å². The highest BCUT2D eigenvalue weighted by Gasteiger charge is 2.31. The number of amides is 3. The van der Waals surface area contributed by atoms with Gasteiger partial charge >= 0.3 is 0 Å². The van der Waals surface area contributed by atoms with Crippen molar-refractivity contribution >= 4 is 17.7 Å². The first-order chi connectivity index (χ1) is 15.3. The quantitative estimate of drug-likeness (QED) is 0.664. The largest absolute Gasteiger partial charge is 0.354 e. The number of likely N-dealkylation sites (N-methyl/N-ethyl adjacent to an activating group) is 1. The number of rotatable bonds is 4.